The van der Waals surface area contributed by atoms with Gasteiger partial charge in [0, 0.05) is 11.1 Å². The summed E-state index contributed by atoms with van der Waals surface area (Å²) in [5.74, 6) is 0.630. The minimum atomic E-state index is -0.389. The molecule has 1 aliphatic rings. The van der Waals surface area contributed by atoms with E-state index in [4.69, 9.17) is 4.74 Å². The number of nitrogens with one attached hydrogen (secondary N) is 1. The molecule has 6 heteroatoms. The first-order valence-electron chi connectivity index (χ1n) is 8.26. The SMILES string of the molecule is Cc1nc(CC(=O)Nc2ccc(O[C@H]3CCCC[C@H]3O)cc2)cs1. The van der Waals surface area contributed by atoms with Crippen molar-refractivity contribution in [2.75, 3.05) is 5.32 Å². The van der Waals surface area contributed by atoms with Gasteiger partial charge in [0.1, 0.15) is 11.9 Å². The van der Waals surface area contributed by atoms with E-state index in [0.29, 0.717) is 5.75 Å². The molecule has 1 saturated carbocycles. The van der Waals surface area contributed by atoms with Gasteiger partial charge in [-0.05, 0) is 50.5 Å². The third-order valence-corrected chi connectivity index (χ3v) is 4.92. The molecule has 2 N–H and O–H groups in total. The molecular formula is C18H22N2O3S. The second-order valence-electron chi connectivity index (χ2n) is 6.12. The lowest BCUT2D eigenvalue weighted by Gasteiger charge is -2.28. The molecule has 2 aromatic rings. The molecule has 0 aliphatic heterocycles. The zero-order valence-electron chi connectivity index (χ0n) is 13.7. The van der Waals surface area contributed by atoms with E-state index < -0.39 is 0 Å². The molecule has 0 spiro atoms. The van der Waals surface area contributed by atoms with Gasteiger partial charge in [0.15, 0.2) is 0 Å². The van der Waals surface area contributed by atoms with Gasteiger partial charge in [0.25, 0.3) is 0 Å². The van der Waals surface area contributed by atoms with Crippen molar-refractivity contribution >= 4 is 22.9 Å². The number of hydrogen-bond acceptors (Lipinski definition) is 5. The van der Waals surface area contributed by atoms with Crippen molar-refractivity contribution in [1.82, 2.24) is 4.98 Å². The van der Waals surface area contributed by atoms with Crippen LogP contribution in [0.3, 0.4) is 0 Å². The summed E-state index contributed by atoms with van der Waals surface area (Å²) >= 11 is 1.54. The van der Waals surface area contributed by atoms with Gasteiger partial charge in [-0.25, -0.2) is 4.98 Å². The number of hydrogen-bond donors (Lipinski definition) is 2. The van der Waals surface area contributed by atoms with Crippen molar-refractivity contribution in [3.8, 4) is 5.75 Å². The fourth-order valence-corrected chi connectivity index (χ4v) is 3.48. The minimum absolute atomic E-state index is 0.0864. The summed E-state index contributed by atoms with van der Waals surface area (Å²) in [5.41, 5.74) is 1.52. The van der Waals surface area contributed by atoms with E-state index in [1.54, 1.807) is 11.3 Å². The van der Waals surface area contributed by atoms with Crippen LogP contribution in [-0.2, 0) is 11.2 Å². The summed E-state index contributed by atoms with van der Waals surface area (Å²) in [5, 5.41) is 15.7. The Kier molecular flexibility index (Phi) is 5.48. The van der Waals surface area contributed by atoms with E-state index in [1.807, 2.05) is 36.6 Å². The number of thiazole rings is 1. The number of anilines is 1. The van der Waals surface area contributed by atoms with Crippen molar-refractivity contribution in [2.45, 2.75) is 51.2 Å². The van der Waals surface area contributed by atoms with Crippen LogP contribution in [0.15, 0.2) is 29.6 Å². The highest BCUT2D eigenvalue weighted by Crippen LogP contribution is 2.25. The van der Waals surface area contributed by atoms with Crippen LogP contribution in [0.2, 0.25) is 0 Å². The van der Waals surface area contributed by atoms with Crippen LogP contribution in [0, 0.1) is 6.92 Å². The highest BCUT2D eigenvalue weighted by atomic mass is 32.1. The summed E-state index contributed by atoms with van der Waals surface area (Å²) in [6, 6.07) is 7.28. The van der Waals surface area contributed by atoms with Gasteiger partial charge >= 0.3 is 0 Å². The molecule has 0 radical (unpaired) electrons. The second-order valence-corrected chi connectivity index (χ2v) is 7.18. The number of aryl methyl sites for hydroxylation is 1. The maximum absolute atomic E-state index is 12.0. The first-order chi connectivity index (χ1) is 11.6. The molecular weight excluding hydrogens is 324 g/mol. The van der Waals surface area contributed by atoms with E-state index in [9.17, 15) is 9.90 Å². The molecule has 1 amide bonds. The zero-order chi connectivity index (χ0) is 16.9. The van der Waals surface area contributed by atoms with Crippen LogP contribution in [0.25, 0.3) is 0 Å². The van der Waals surface area contributed by atoms with Crippen molar-refractivity contribution in [3.05, 3.63) is 40.3 Å². The Labute approximate surface area is 145 Å². The van der Waals surface area contributed by atoms with E-state index >= 15 is 0 Å². The average Bonchev–Trinajstić information content (AvgIpc) is 2.96. The third-order valence-electron chi connectivity index (χ3n) is 4.10. The summed E-state index contributed by atoms with van der Waals surface area (Å²) in [4.78, 5) is 16.3. The lowest BCUT2D eigenvalue weighted by Crippen LogP contribution is -2.34. The molecule has 0 unspecified atom stereocenters. The first-order valence-corrected chi connectivity index (χ1v) is 9.14. The van der Waals surface area contributed by atoms with Gasteiger partial charge < -0.3 is 15.2 Å². The van der Waals surface area contributed by atoms with E-state index in [-0.39, 0.29) is 24.5 Å². The predicted octanol–water partition coefficient (Wildman–Crippen LogP) is 3.32. The molecule has 24 heavy (non-hydrogen) atoms. The topological polar surface area (TPSA) is 71.5 Å². The van der Waals surface area contributed by atoms with Gasteiger partial charge in [-0.2, -0.15) is 0 Å². The smallest absolute Gasteiger partial charge is 0.230 e. The molecule has 3 rings (SSSR count). The van der Waals surface area contributed by atoms with Gasteiger partial charge in [-0.3, -0.25) is 4.79 Å². The molecule has 0 saturated heterocycles. The monoisotopic (exact) mass is 346 g/mol. The number of benzene rings is 1. The Morgan fingerprint density at radius 2 is 2.08 bits per heavy atom. The fraction of sp³-hybridized carbons (Fsp3) is 0.444. The average molecular weight is 346 g/mol. The Hall–Kier alpha value is -1.92. The summed E-state index contributed by atoms with van der Waals surface area (Å²) in [6.07, 6.45) is 3.58. The highest BCUT2D eigenvalue weighted by Gasteiger charge is 2.24. The van der Waals surface area contributed by atoms with Crippen LogP contribution in [0.1, 0.15) is 36.4 Å². The zero-order valence-corrected chi connectivity index (χ0v) is 14.5. The number of aliphatic hydroxyl groups excluding tert-OH is 1. The van der Waals surface area contributed by atoms with Crippen molar-refractivity contribution < 1.29 is 14.6 Å². The highest BCUT2D eigenvalue weighted by molar-refractivity contribution is 7.09. The molecule has 5 nitrogen and oxygen atoms in total. The number of amides is 1. The fourth-order valence-electron chi connectivity index (χ4n) is 2.87. The van der Waals surface area contributed by atoms with Gasteiger partial charge in [0.2, 0.25) is 5.91 Å². The summed E-state index contributed by atoms with van der Waals surface area (Å²) in [7, 11) is 0. The molecule has 1 heterocycles. The van der Waals surface area contributed by atoms with Gasteiger partial charge in [-0.15, -0.1) is 11.3 Å². The predicted molar refractivity (Wildman–Crippen MR) is 94.5 cm³/mol. The number of nitrogens with zero attached hydrogens (tertiary/aromatic N) is 1. The van der Waals surface area contributed by atoms with E-state index in [0.717, 1.165) is 42.1 Å². The van der Waals surface area contributed by atoms with Crippen LogP contribution < -0.4 is 10.1 Å². The number of carbonyl (C=O) groups is 1. The Balaban J connectivity index is 1.53. The van der Waals surface area contributed by atoms with Gasteiger partial charge in [0.05, 0.1) is 23.2 Å². The number of carbonyl (C=O) groups excluding carboxylic acids is 1. The lowest BCUT2D eigenvalue weighted by atomic mass is 9.95. The van der Waals surface area contributed by atoms with E-state index in [1.165, 1.54) is 0 Å². The Bertz CT molecular complexity index is 684. The Morgan fingerprint density at radius 3 is 2.75 bits per heavy atom. The van der Waals surface area contributed by atoms with Gasteiger partial charge in [-0.1, -0.05) is 6.42 Å². The van der Waals surface area contributed by atoms with Crippen molar-refractivity contribution in [1.29, 1.82) is 0 Å². The largest absolute Gasteiger partial charge is 0.488 e. The second kappa shape index (κ2) is 7.77. The quantitative estimate of drug-likeness (QED) is 0.871. The minimum Gasteiger partial charge on any atom is -0.488 e. The molecule has 1 aliphatic carbocycles. The van der Waals surface area contributed by atoms with Crippen LogP contribution >= 0.6 is 11.3 Å². The maximum atomic E-state index is 12.0. The number of ether oxygens (including phenoxy) is 1. The van der Waals surface area contributed by atoms with Crippen molar-refractivity contribution in [2.24, 2.45) is 0 Å². The molecule has 128 valence electrons. The van der Waals surface area contributed by atoms with E-state index in [2.05, 4.69) is 10.3 Å². The Morgan fingerprint density at radius 1 is 1.33 bits per heavy atom. The molecule has 0 bridgehead atoms. The summed E-state index contributed by atoms with van der Waals surface area (Å²) < 4.78 is 5.85. The number of rotatable bonds is 5. The van der Waals surface area contributed by atoms with Crippen molar-refractivity contribution in [3.63, 3.8) is 0 Å². The van der Waals surface area contributed by atoms with Crippen LogP contribution in [-0.4, -0.2) is 28.2 Å². The number of aliphatic hydroxyl groups is 1. The maximum Gasteiger partial charge on any atom is 0.230 e. The molecule has 2 atom stereocenters. The number of aromatic nitrogens is 1. The first kappa shape index (κ1) is 16.9. The van der Waals surface area contributed by atoms with Crippen LogP contribution in [0.4, 0.5) is 5.69 Å². The molecule has 1 fully saturated rings. The normalized spacial score (nSPS) is 20.6. The lowest BCUT2D eigenvalue weighted by molar-refractivity contribution is -0.115. The molecule has 1 aromatic heterocycles. The van der Waals surface area contributed by atoms with Crippen LogP contribution in [0.5, 0.6) is 5.75 Å². The molecule has 1 aromatic carbocycles. The summed E-state index contributed by atoms with van der Waals surface area (Å²) in [6.45, 7) is 1.92. The third kappa shape index (κ3) is 4.55. The standard InChI is InChI=1S/C18H22N2O3S/c1-12-19-14(11-24-12)10-18(22)20-13-6-8-15(9-7-13)23-17-5-3-2-4-16(17)21/h6-9,11,16-17,21H,2-5,10H2,1H3,(H,20,22)/t16-,17+/m1/s1.